The van der Waals surface area contributed by atoms with Gasteiger partial charge in [0.2, 0.25) is 5.91 Å². The zero-order chi connectivity index (χ0) is 15.2. The first-order chi connectivity index (χ1) is 10.1. The average Bonchev–Trinajstić information content (AvgIpc) is 3.07. The van der Waals surface area contributed by atoms with E-state index in [1.807, 2.05) is 26.2 Å². The minimum atomic E-state index is -0.236. The van der Waals surface area contributed by atoms with Crippen LogP contribution in [0, 0.1) is 13.8 Å². The monoisotopic (exact) mass is 307 g/mol. The lowest BCUT2D eigenvalue weighted by atomic mass is 10.1. The number of carbonyl (C=O) groups is 1. The van der Waals surface area contributed by atoms with Crippen molar-refractivity contribution in [1.82, 2.24) is 20.5 Å². The van der Waals surface area contributed by atoms with Crippen LogP contribution in [0.25, 0.3) is 0 Å². The molecular weight excluding hydrogens is 286 g/mol. The molecule has 2 rings (SSSR count). The molecule has 2 heterocycles. The van der Waals surface area contributed by atoms with Crippen LogP contribution < -0.4 is 10.6 Å². The number of nitrogens with zero attached hydrogens (tertiary/aromatic N) is 2. The van der Waals surface area contributed by atoms with E-state index in [9.17, 15) is 4.79 Å². The van der Waals surface area contributed by atoms with Gasteiger partial charge < -0.3 is 10.6 Å². The maximum atomic E-state index is 11.9. The summed E-state index contributed by atoms with van der Waals surface area (Å²) in [6, 6.07) is -0.236. The van der Waals surface area contributed by atoms with Crippen LogP contribution in [0.1, 0.15) is 30.3 Å². The average molecular weight is 307 g/mol. The Kier molecular flexibility index (Phi) is 5.46. The van der Waals surface area contributed by atoms with E-state index in [1.165, 1.54) is 16.9 Å². The van der Waals surface area contributed by atoms with Crippen molar-refractivity contribution in [2.24, 2.45) is 0 Å². The third-order valence-electron chi connectivity index (χ3n) is 3.39. The summed E-state index contributed by atoms with van der Waals surface area (Å²) in [5.74, 6) is -0.0550. The van der Waals surface area contributed by atoms with Crippen molar-refractivity contribution in [3.05, 3.63) is 28.5 Å². The molecule has 114 valence electrons. The molecule has 0 aliphatic rings. The number of rotatable bonds is 7. The van der Waals surface area contributed by atoms with Gasteiger partial charge in [0.05, 0.1) is 11.7 Å². The second-order valence-corrected chi connectivity index (χ2v) is 5.91. The molecule has 1 amide bonds. The van der Waals surface area contributed by atoms with Crippen LogP contribution in [0.4, 0.5) is 5.13 Å². The minimum absolute atomic E-state index is 0.0550. The van der Waals surface area contributed by atoms with E-state index < -0.39 is 0 Å². The molecule has 0 aromatic carbocycles. The summed E-state index contributed by atoms with van der Waals surface area (Å²) < 4.78 is 0. The summed E-state index contributed by atoms with van der Waals surface area (Å²) in [5, 5.41) is 15.7. The highest BCUT2D eigenvalue weighted by molar-refractivity contribution is 7.13. The van der Waals surface area contributed by atoms with Crippen molar-refractivity contribution in [2.75, 3.05) is 11.9 Å². The number of anilines is 1. The summed E-state index contributed by atoms with van der Waals surface area (Å²) in [6.07, 6.45) is 3.60. The lowest BCUT2D eigenvalue weighted by Gasteiger charge is -2.12. The number of amides is 1. The lowest BCUT2D eigenvalue weighted by molar-refractivity contribution is -0.117. The van der Waals surface area contributed by atoms with Crippen molar-refractivity contribution >= 4 is 22.4 Å². The second-order valence-electron chi connectivity index (χ2n) is 5.02. The molecule has 2 aromatic heterocycles. The third kappa shape index (κ3) is 4.37. The van der Waals surface area contributed by atoms with Gasteiger partial charge in [-0.15, -0.1) is 11.3 Å². The number of aryl methyl sites for hydroxylation is 2. The number of carbonyl (C=O) groups excluding carboxylic acids is 1. The molecule has 0 radical (unpaired) electrons. The Hall–Kier alpha value is -1.73. The largest absolute Gasteiger partial charge is 0.306 e. The van der Waals surface area contributed by atoms with Gasteiger partial charge in [0, 0.05) is 17.3 Å². The van der Waals surface area contributed by atoms with Gasteiger partial charge in [-0.25, -0.2) is 4.98 Å². The Bertz CT molecular complexity index is 559. The number of hydrogen-bond acceptors (Lipinski definition) is 5. The Morgan fingerprint density at radius 3 is 2.90 bits per heavy atom. The molecule has 0 saturated heterocycles. The van der Waals surface area contributed by atoms with Crippen molar-refractivity contribution in [3.63, 3.8) is 0 Å². The molecule has 1 atom stereocenters. The molecule has 0 bridgehead atoms. The first-order valence-corrected chi connectivity index (χ1v) is 7.90. The van der Waals surface area contributed by atoms with Crippen LogP contribution >= 0.6 is 11.3 Å². The molecule has 2 aromatic rings. The maximum absolute atomic E-state index is 11.9. The van der Waals surface area contributed by atoms with Gasteiger partial charge in [-0.05, 0) is 45.7 Å². The standard InChI is InChI=1S/C14H21N5OS/c1-9-12(10(2)19-18-9)5-4-6-15-11(3)13(20)17-14-16-7-8-21-14/h7-8,11,15H,4-6H2,1-3H3,(H,18,19)(H,16,17,20)/t11-/m0/s1. The summed E-state index contributed by atoms with van der Waals surface area (Å²) in [4.78, 5) is 16.0. The van der Waals surface area contributed by atoms with Crippen molar-refractivity contribution in [3.8, 4) is 0 Å². The lowest BCUT2D eigenvalue weighted by Crippen LogP contribution is -2.38. The van der Waals surface area contributed by atoms with Gasteiger partial charge >= 0.3 is 0 Å². The van der Waals surface area contributed by atoms with Gasteiger partial charge in [-0.3, -0.25) is 9.89 Å². The first-order valence-electron chi connectivity index (χ1n) is 7.02. The Balaban J connectivity index is 1.69. The number of aromatic nitrogens is 3. The number of aromatic amines is 1. The number of thiazole rings is 1. The predicted molar refractivity (Wildman–Crippen MR) is 84.6 cm³/mol. The highest BCUT2D eigenvalue weighted by Gasteiger charge is 2.13. The van der Waals surface area contributed by atoms with Crippen molar-refractivity contribution in [2.45, 2.75) is 39.7 Å². The number of hydrogen-bond donors (Lipinski definition) is 3. The fourth-order valence-corrected chi connectivity index (χ4v) is 2.65. The molecule has 0 unspecified atom stereocenters. The Labute approximate surface area is 128 Å². The quantitative estimate of drug-likeness (QED) is 0.684. The van der Waals surface area contributed by atoms with E-state index in [-0.39, 0.29) is 11.9 Å². The van der Waals surface area contributed by atoms with E-state index in [0.717, 1.165) is 30.8 Å². The van der Waals surface area contributed by atoms with E-state index in [2.05, 4.69) is 25.8 Å². The zero-order valence-corrected chi connectivity index (χ0v) is 13.4. The van der Waals surface area contributed by atoms with Gasteiger partial charge in [0.25, 0.3) is 0 Å². The van der Waals surface area contributed by atoms with E-state index in [4.69, 9.17) is 0 Å². The van der Waals surface area contributed by atoms with E-state index in [0.29, 0.717) is 5.13 Å². The molecule has 21 heavy (non-hydrogen) atoms. The summed E-state index contributed by atoms with van der Waals surface area (Å²) >= 11 is 1.42. The van der Waals surface area contributed by atoms with Gasteiger partial charge in [0.15, 0.2) is 5.13 Å². The number of nitrogens with one attached hydrogen (secondary N) is 3. The fraction of sp³-hybridized carbons (Fsp3) is 0.500. The van der Waals surface area contributed by atoms with Gasteiger partial charge in [-0.1, -0.05) is 0 Å². The molecular formula is C14H21N5OS. The van der Waals surface area contributed by atoms with Gasteiger partial charge in [-0.2, -0.15) is 5.10 Å². The highest BCUT2D eigenvalue weighted by atomic mass is 32.1. The minimum Gasteiger partial charge on any atom is -0.306 e. The molecule has 0 saturated carbocycles. The predicted octanol–water partition coefficient (Wildman–Crippen LogP) is 2.03. The topological polar surface area (TPSA) is 82.7 Å². The summed E-state index contributed by atoms with van der Waals surface area (Å²) in [5.41, 5.74) is 3.46. The van der Waals surface area contributed by atoms with Crippen LogP contribution in [0.15, 0.2) is 11.6 Å². The van der Waals surface area contributed by atoms with Crippen LogP contribution in [0.2, 0.25) is 0 Å². The third-order valence-corrected chi connectivity index (χ3v) is 4.08. The number of H-pyrrole nitrogens is 1. The van der Waals surface area contributed by atoms with Gasteiger partial charge in [0.1, 0.15) is 0 Å². The molecule has 3 N–H and O–H groups in total. The molecule has 0 aliphatic carbocycles. The molecule has 7 heteroatoms. The van der Waals surface area contributed by atoms with Crippen LogP contribution in [-0.4, -0.2) is 33.7 Å². The van der Waals surface area contributed by atoms with Crippen LogP contribution in [0.5, 0.6) is 0 Å². The Morgan fingerprint density at radius 2 is 2.29 bits per heavy atom. The van der Waals surface area contributed by atoms with E-state index >= 15 is 0 Å². The molecule has 0 aliphatic heterocycles. The van der Waals surface area contributed by atoms with Crippen LogP contribution in [0.3, 0.4) is 0 Å². The highest BCUT2D eigenvalue weighted by Crippen LogP contribution is 2.12. The van der Waals surface area contributed by atoms with Crippen molar-refractivity contribution < 1.29 is 4.79 Å². The molecule has 0 spiro atoms. The second kappa shape index (κ2) is 7.33. The normalized spacial score (nSPS) is 12.3. The molecule has 0 fully saturated rings. The summed E-state index contributed by atoms with van der Waals surface area (Å²) in [6.45, 7) is 6.69. The smallest absolute Gasteiger partial charge is 0.243 e. The fourth-order valence-electron chi connectivity index (χ4n) is 2.12. The van der Waals surface area contributed by atoms with Crippen LogP contribution in [-0.2, 0) is 11.2 Å². The van der Waals surface area contributed by atoms with Crippen molar-refractivity contribution in [1.29, 1.82) is 0 Å². The maximum Gasteiger partial charge on any atom is 0.243 e. The zero-order valence-electron chi connectivity index (χ0n) is 12.6. The SMILES string of the molecule is Cc1n[nH]c(C)c1CCCN[C@@H](C)C(=O)Nc1nccs1. The summed E-state index contributed by atoms with van der Waals surface area (Å²) in [7, 11) is 0. The van der Waals surface area contributed by atoms with E-state index in [1.54, 1.807) is 6.20 Å². The molecule has 6 nitrogen and oxygen atoms in total. The Morgan fingerprint density at radius 1 is 1.48 bits per heavy atom. The first kappa shape index (κ1) is 15.7.